The van der Waals surface area contributed by atoms with Gasteiger partial charge in [-0.1, -0.05) is 58.4 Å². The Hall–Kier alpha value is -3.65. The molecule has 0 radical (unpaired) electrons. The Balaban J connectivity index is 1.80. The number of anilines is 1. The van der Waals surface area contributed by atoms with Crippen molar-refractivity contribution in [2.75, 3.05) is 5.73 Å². The molecule has 6 rings (SSSR count). The SMILES string of the molecule is NCc1c(-c2c(-c3ccc(Br)cc3)[nH]c3ccccc23)c(CN)c2nc3ccccc3n2c1N. The highest BCUT2D eigenvalue weighted by Gasteiger charge is 2.25. The lowest BCUT2D eigenvalue weighted by Gasteiger charge is -2.19. The maximum atomic E-state index is 6.81. The van der Waals surface area contributed by atoms with E-state index in [0.29, 0.717) is 12.4 Å². The molecule has 3 aromatic heterocycles. The highest BCUT2D eigenvalue weighted by molar-refractivity contribution is 9.10. The summed E-state index contributed by atoms with van der Waals surface area (Å²) in [5, 5.41) is 1.09. The van der Waals surface area contributed by atoms with Crippen LogP contribution in [-0.2, 0) is 13.1 Å². The quantitative estimate of drug-likeness (QED) is 0.248. The largest absolute Gasteiger partial charge is 0.384 e. The number of benzene rings is 3. The van der Waals surface area contributed by atoms with Crippen molar-refractivity contribution >= 4 is 49.3 Å². The monoisotopic (exact) mass is 510 g/mol. The molecule has 0 spiro atoms. The smallest absolute Gasteiger partial charge is 0.144 e. The molecule has 0 amide bonds. The molecule has 7 heteroatoms. The summed E-state index contributed by atoms with van der Waals surface area (Å²) in [5.74, 6) is 0.588. The Kier molecular flexibility index (Phi) is 4.91. The van der Waals surface area contributed by atoms with E-state index in [9.17, 15) is 0 Å². The number of halogens is 1. The Bertz CT molecular complexity index is 1690. The lowest BCUT2D eigenvalue weighted by atomic mass is 9.91. The third kappa shape index (κ3) is 2.98. The summed E-state index contributed by atoms with van der Waals surface area (Å²) in [6.07, 6.45) is 0. The van der Waals surface area contributed by atoms with Crippen molar-refractivity contribution in [3.8, 4) is 22.4 Å². The lowest BCUT2D eigenvalue weighted by Crippen LogP contribution is -2.14. The fraction of sp³-hybridized carbons (Fsp3) is 0.0741. The second-order valence-electron chi connectivity index (χ2n) is 8.31. The van der Waals surface area contributed by atoms with Gasteiger partial charge < -0.3 is 22.2 Å². The third-order valence-corrected chi connectivity index (χ3v) is 7.01. The van der Waals surface area contributed by atoms with Crippen molar-refractivity contribution in [1.82, 2.24) is 14.4 Å². The molecule has 0 unspecified atom stereocenters. The highest BCUT2D eigenvalue weighted by atomic mass is 79.9. The van der Waals surface area contributed by atoms with Gasteiger partial charge in [-0.15, -0.1) is 0 Å². The van der Waals surface area contributed by atoms with Crippen molar-refractivity contribution in [2.24, 2.45) is 11.5 Å². The lowest BCUT2D eigenvalue weighted by molar-refractivity contribution is 1.00. The fourth-order valence-electron chi connectivity index (χ4n) is 4.97. The second kappa shape index (κ2) is 7.99. The van der Waals surface area contributed by atoms with Crippen LogP contribution in [-0.4, -0.2) is 14.4 Å². The number of rotatable bonds is 4. The van der Waals surface area contributed by atoms with Crippen LogP contribution >= 0.6 is 15.9 Å². The van der Waals surface area contributed by atoms with Crippen LogP contribution in [0.1, 0.15) is 11.1 Å². The number of nitrogen functional groups attached to an aromatic ring is 1. The predicted octanol–water partition coefficient (Wildman–Crippen LogP) is 5.56. The second-order valence-corrected chi connectivity index (χ2v) is 9.23. The molecule has 0 saturated heterocycles. The minimum Gasteiger partial charge on any atom is -0.384 e. The standard InChI is InChI=1S/C27H23BrN6/c28-16-11-9-15(10-12-16)25-24(17-5-1-2-6-20(17)32-25)23-18(13-29)26(31)34-22-8-4-3-7-21(22)33-27(34)19(23)14-30/h1-12,32H,13-14,29-31H2. The number of nitrogens with zero attached hydrogens (tertiary/aromatic N) is 2. The first-order valence-electron chi connectivity index (χ1n) is 11.1. The number of pyridine rings is 1. The first-order valence-corrected chi connectivity index (χ1v) is 11.9. The maximum Gasteiger partial charge on any atom is 0.144 e. The average molecular weight is 511 g/mol. The van der Waals surface area contributed by atoms with Crippen LogP contribution in [0.15, 0.2) is 77.3 Å². The maximum absolute atomic E-state index is 6.81. The average Bonchev–Trinajstić information content (AvgIpc) is 3.43. The number of hydrogen-bond donors (Lipinski definition) is 4. The Morgan fingerprint density at radius 3 is 2.29 bits per heavy atom. The summed E-state index contributed by atoms with van der Waals surface area (Å²) < 4.78 is 3.01. The summed E-state index contributed by atoms with van der Waals surface area (Å²) in [4.78, 5) is 8.56. The minimum absolute atomic E-state index is 0.274. The minimum atomic E-state index is 0.274. The third-order valence-electron chi connectivity index (χ3n) is 6.48. The molecule has 6 nitrogen and oxygen atoms in total. The van der Waals surface area contributed by atoms with E-state index in [2.05, 4.69) is 45.2 Å². The molecular weight excluding hydrogens is 488 g/mol. The number of fused-ring (bicyclic) bond motifs is 4. The molecule has 0 aliphatic carbocycles. The van der Waals surface area contributed by atoms with E-state index in [0.717, 1.165) is 65.6 Å². The highest BCUT2D eigenvalue weighted by Crippen LogP contribution is 2.44. The van der Waals surface area contributed by atoms with Crippen molar-refractivity contribution < 1.29 is 0 Å². The molecule has 0 bridgehead atoms. The summed E-state index contributed by atoms with van der Waals surface area (Å²) in [7, 11) is 0. The number of nitrogens with one attached hydrogen (secondary N) is 1. The Morgan fingerprint density at radius 1 is 0.824 bits per heavy atom. The van der Waals surface area contributed by atoms with Gasteiger partial charge in [0, 0.05) is 50.7 Å². The van der Waals surface area contributed by atoms with Crippen molar-refractivity contribution in [3.63, 3.8) is 0 Å². The number of nitrogens with two attached hydrogens (primary N) is 3. The number of aromatic nitrogens is 3. The van der Waals surface area contributed by atoms with Gasteiger partial charge in [-0.25, -0.2) is 4.98 Å². The van der Waals surface area contributed by atoms with Crippen LogP contribution in [0.5, 0.6) is 0 Å². The molecule has 7 N–H and O–H groups in total. The number of imidazole rings is 1. The van der Waals surface area contributed by atoms with Gasteiger partial charge >= 0.3 is 0 Å². The Morgan fingerprint density at radius 2 is 1.53 bits per heavy atom. The number of aromatic amines is 1. The van der Waals surface area contributed by atoms with Gasteiger partial charge in [0.2, 0.25) is 0 Å². The molecule has 3 heterocycles. The number of H-pyrrole nitrogens is 1. The van der Waals surface area contributed by atoms with E-state index in [1.54, 1.807) is 0 Å². The van der Waals surface area contributed by atoms with Gasteiger partial charge in [-0.2, -0.15) is 0 Å². The molecule has 0 aliphatic heterocycles. The van der Waals surface area contributed by atoms with Crippen LogP contribution in [0.3, 0.4) is 0 Å². The van der Waals surface area contributed by atoms with Crippen LogP contribution in [0.2, 0.25) is 0 Å². The molecule has 0 aliphatic rings. The van der Waals surface area contributed by atoms with Gasteiger partial charge in [-0.3, -0.25) is 4.40 Å². The summed E-state index contributed by atoms with van der Waals surface area (Å²) in [6, 6.07) is 24.5. The van der Waals surface area contributed by atoms with Gasteiger partial charge in [-0.05, 0) is 35.9 Å². The van der Waals surface area contributed by atoms with Gasteiger partial charge in [0.05, 0.1) is 16.7 Å². The van der Waals surface area contributed by atoms with E-state index in [1.165, 1.54) is 0 Å². The molecule has 168 valence electrons. The molecule has 0 saturated carbocycles. The van der Waals surface area contributed by atoms with Gasteiger partial charge in [0.25, 0.3) is 0 Å². The molecule has 0 fully saturated rings. The number of para-hydroxylation sites is 3. The van der Waals surface area contributed by atoms with E-state index < -0.39 is 0 Å². The zero-order valence-corrected chi connectivity index (χ0v) is 19.9. The molecular formula is C27H23BrN6. The number of hydrogen-bond acceptors (Lipinski definition) is 4. The molecule has 0 atom stereocenters. The molecule has 6 aromatic rings. The first-order chi connectivity index (χ1) is 16.6. The van der Waals surface area contributed by atoms with Crippen molar-refractivity contribution in [3.05, 3.63) is 88.4 Å². The van der Waals surface area contributed by atoms with E-state index in [4.69, 9.17) is 22.2 Å². The van der Waals surface area contributed by atoms with Crippen LogP contribution in [0, 0.1) is 0 Å². The molecule has 3 aromatic carbocycles. The van der Waals surface area contributed by atoms with Crippen LogP contribution in [0.25, 0.3) is 50.0 Å². The van der Waals surface area contributed by atoms with Gasteiger partial charge in [0.1, 0.15) is 11.5 Å². The van der Waals surface area contributed by atoms with Crippen molar-refractivity contribution in [2.45, 2.75) is 13.1 Å². The van der Waals surface area contributed by atoms with E-state index in [-0.39, 0.29) is 6.54 Å². The fourth-order valence-corrected chi connectivity index (χ4v) is 5.23. The normalized spacial score (nSPS) is 11.7. The summed E-state index contributed by atoms with van der Waals surface area (Å²) in [6.45, 7) is 0.574. The summed E-state index contributed by atoms with van der Waals surface area (Å²) in [5.41, 5.74) is 29.1. The van der Waals surface area contributed by atoms with E-state index in [1.807, 2.05) is 52.9 Å². The zero-order valence-electron chi connectivity index (χ0n) is 18.3. The summed E-state index contributed by atoms with van der Waals surface area (Å²) >= 11 is 3.54. The Labute approximate surface area is 204 Å². The molecule has 34 heavy (non-hydrogen) atoms. The van der Waals surface area contributed by atoms with Gasteiger partial charge in [0.15, 0.2) is 0 Å². The topological polar surface area (TPSA) is 111 Å². The van der Waals surface area contributed by atoms with Crippen LogP contribution < -0.4 is 17.2 Å². The predicted molar refractivity (Wildman–Crippen MR) is 143 cm³/mol. The van der Waals surface area contributed by atoms with Crippen molar-refractivity contribution in [1.29, 1.82) is 0 Å². The van der Waals surface area contributed by atoms with E-state index >= 15 is 0 Å². The first kappa shape index (κ1) is 20.9. The zero-order chi connectivity index (χ0) is 23.4. The van der Waals surface area contributed by atoms with Crippen LogP contribution in [0.4, 0.5) is 5.82 Å².